The first kappa shape index (κ1) is 27.6. The van der Waals surface area contributed by atoms with E-state index in [1.807, 2.05) is 90.0 Å². The van der Waals surface area contributed by atoms with Crippen LogP contribution in [-0.2, 0) is 16.6 Å². The van der Waals surface area contributed by atoms with Gasteiger partial charge in [0.1, 0.15) is 11.5 Å². The van der Waals surface area contributed by atoms with Gasteiger partial charge in [0.2, 0.25) is 5.91 Å². The fourth-order valence-electron chi connectivity index (χ4n) is 7.32. The van der Waals surface area contributed by atoms with E-state index in [2.05, 4.69) is 12.2 Å². The topological polar surface area (TPSA) is 66.5 Å². The normalized spacial score (nSPS) is 23.1. The molecule has 0 radical (unpaired) electrons. The standard InChI is InChI=1S/C36H28Cl2N2O3/c1-2-7-21-12-14-23(15-13-21)32(41)30-31(33(42)26-17-16-24(37)20-28(26)38)40-19-18-22-8-3-4-9-25(22)34(40)36(30)27-10-5-6-11-29(27)39-35(36)43/h3-6,8-20,30-31,34H,2,7H2,1H3,(H,39,43)/t30-,31+,34-,36-/m1/s1. The lowest BCUT2D eigenvalue weighted by Crippen LogP contribution is -2.49. The van der Waals surface area contributed by atoms with E-state index in [-0.39, 0.29) is 28.1 Å². The summed E-state index contributed by atoms with van der Waals surface area (Å²) in [5.74, 6) is -1.97. The zero-order valence-corrected chi connectivity index (χ0v) is 24.9. The summed E-state index contributed by atoms with van der Waals surface area (Å²) in [4.78, 5) is 46.1. The number of rotatable bonds is 6. The minimum atomic E-state index is -1.39. The number of nitrogens with zero attached hydrogens (tertiary/aromatic N) is 1. The monoisotopic (exact) mass is 606 g/mol. The molecule has 0 bridgehead atoms. The number of ketones is 2. The van der Waals surface area contributed by atoms with Gasteiger partial charge in [-0.25, -0.2) is 0 Å². The molecule has 3 heterocycles. The lowest BCUT2D eigenvalue weighted by molar-refractivity contribution is -0.122. The highest BCUT2D eigenvalue weighted by Crippen LogP contribution is 2.62. The molecule has 1 saturated heterocycles. The van der Waals surface area contributed by atoms with E-state index >= 15 is 0 Å². The Morgan fingerprint density at radius 3 is 2.42 bits per heavy atom. The Kier molecular flexibility index (Phi) is 6.76. The van der Waals surface area contributed by atoms with Crippen LogP contribution in [0.25, 0.3) is 6.08 Å². The Morgan fingerprint density at radius 1 is 0.907 bits per heavy atom. The quantitative estimate of drug-likeness (QED) is 0.226. The summed E-state index contributed by atoms with van der Waals surface area (Å²) in [6, 6.07) is 26.0. The van der Waals surface area contributed by atoms with Gasteiger partial charge in [-0.3, -0.25) is 14.4 Å². The van der Waals surface area contributed by atoms with Crippen molar-refractivity contribution < 1.29 is 14.4 Å². The van der Waals surface area contributed by atoms with E-state index in [0.29, 0.717) is 21.8 Å². The van der Waals surface area contributed by atoms with Crippen LogP contribution in [0.3, 0.4) is 0 Å². The van der Waals surface area contributed by atoms with Crippen LogP contribution in [0.5, 0.6) is 0 Å². The molecule has 7 heteroatoms. The molecule has 0 unspecified atom stereocenters. The number of benzene rings is 4. The van der Waals surface area contributed by atoms with Crippen molar-refractivity contribution in [2.75, 3.05) is 5.32 Å². The largest absolute Gasteiger partial charge is 0.358 e. The van der Waals surface area contributed by atoms with Crippen LogP contribution in [-0.4, -0.2) is 28.4 Å². The molecule has 1 N–H and O–H groups in total. The van der Waals surface area contributed by atoms with Crippen LogP contribution in [0.2, 0.25) is 10.0 Å². The number of halogens is 2. The van der Waals surface area contributed by atoms with Gasteiger partial charge in [-0.15, -0.1) is 0 Å². The minimum absolute atomic E-state index is 0.197. The van der Waals surface area contributed by atoms with E-state index in [1.165, 1.54) is 6.07 Å². The summed E-state index contributed by atoms with van der Waals surface area (Å²) in [5, 5.41) is 3.68. The van der Waals surface area contributed by atoms with Crippen LogP contribution >= 0.6 is 23.2 Å². The molecule has 0 aromatic heterocycles. The summed E-state index contributed by atoms with van der Waals surface area (Å²) >= 11 is 12.8. The predicted molar refractivity (Wildman–Crippen MR) is 170 cm³/mol. The van der Waals surface area contributed by atoms with Crippen molar-refractivity contribution in [2.45, 2.75) is 37.3 Å². The first-order chi connectivity index (χ1) is 20.9. The van der Waals surface area contributed by atoms with Gasteiger partial charge in [0.25, 0.3) is 0 Å². The van der Waals surface area contributed by atoms with Gasteiger partial charge in [-0.1, -0.05) is 103 Å². The third kappa shape index (κ3) is 4.10. The molecule has 1 amide bonds. The van der Waals surface area contributed by atoms with Gasteiger partial charge in [-0.2, -0.15) is 0 Å². The number of nitrogens with one attached hydrogen (secondary N) is 1. The van der Waals surface area contributed by atoms with Gasteiger partial charge in [0, 0.05) is 28.0 Å². The molecule has 4 aromatic rings. The number of carbonyl (C=O) groups is 3. The van der Waals surface area contributed by atoms with Gasteiger partial charge < -0.3 is 10.2 Å². The summed E-state index contributed by atoms with van der Waals surface area (Å²) in [6.07, 6.45) is 5.67. The van der Waals surface area contributed by atoms with E-state index in [0.717, 1.165) is 29.5 Å². The molecule has 5 nitrogen and oxygen atoms in total. The summed E-state index contributed by atoms with van der Waals surface area (Å²) in [7, 11) is 0. The van der Waals surface area contributed by atoms with Gasteiger partial charge in [0.15, 0.2) is 11.6 Å². The average molecular weight is 608 g/mol. The number of para-hydroxylation sites is 1. The molecular weight excluding hydrogens is 579 g/mol. The Balaban J connectivity index is 1.51. The van der Waals surface area contributed by atoms with Crippen LogP contribution in [0.4, 0.5) is 5.69 Å². The first-order valence-electron chi connectivity index (χ1n) is 14.4. The first-order valence-corrected chi connectivity index (χ1v) is 15.2. The highest BCUT2D eigenvalue weighted by molar-refractivity contribution is 6.37. The molecule has 3 aliphatic heterocycles. The van der Waals surface area contributed by atoms with Gasteiger partial charge in [-0.05, 0) is 59.0 Å². The maximum Gasteiger partial charge on any atom is 0.238 e. The zero-order valence-electron chi connectivity index (χ0n) is 23.4. The van der Waals surface area contributed by atoms with Crippen molar-refractivity contribution in [1.29, 1.82) is 0 Å². The van der Waals surface area contributed by atoms with Crippen molar-refractivity contribution in [2.24, 2.45) is 5.92 Å². The second-order valence-corrected chi connectivity index (χ2v) is 12.2. The van der Waals surface area contributed by atoms with Crippen LogP contribution in [0.15, 0.2) is 97.2 Å². The predicted octanol–water partition coefficient (Wildman–Crippen LogP) is 7.93. The molecule has 0 aliphatic carbocycles. The van der Waals surface area contributed by atoms with Crippen LogP contribution < -0.4 is 5.32 Å². The fraction of sp³-hybridized carbons (Fsp3) is 0.194. The second kappa shape index (κ2) is 10.5. The summed E-state index contributed by atoms with van der Waals surface area (Å²) < 4.78 is 0. The molecule has 4 aromatic carbocycles. The lowest BCUT2D eigenvalue weighted by atomic mass is 9.62. The summed E-state index contributed by atoms with van der Waals surface area (Å²) in [6.45, 7) is 2.11. The van der Waals surface area contributed by atoms with Crippen LogP contribution in [0.1, 0.15) is 62.4 Å². The SMILES string of the molecule is CCCc1ccc(C(=O)[C@H]2[C@@H](C(=O)c3ccc(Cl)cc3Cl)N3C=Cc4ccccc4[C@@H]3[C@]23C(=O)Nc2ccccc23)cc1. The Hall–Kier alpha value is -4.19. The number of carbonyl (C=O) groups excluding carboxylic acids is 3. The van der Waals surface area contributed by atoms with Gasteiger partial charge >= 0.3 is 0 Å². The molecule has 43 heavy (non-hydrogen) atoms. The van der Waals surface area contributed by atoms with Crippen molar-refractivity contribution in [1.82, 2.24) is 4.90 Å². The number of anilines is 1. The van der Waals surface area contributed by atoms with Crippen molar-refractivity contribution in [3.8, 4) is 0 Å². The number of hydrogen-bond acceptors (Lipinski definition) is 4. The molecule has 214 valence electrons. The molecular formula is C36H28Cl2N2O3. The van der Waals surface area contributed by atoms with E-state index in [1.54, 1.807) is 12.1 Å². The smallest absolute Gasteiger partial charge is 0.238 e. The van der Waals surface area contributed by atoms with Crippen LogP contribution in [0, 0.1) is 5.92 Å². The third-order valence-corrected chi connectivity index (χ3v) is 9.64. The Morgan fingerprint density at radius 2 is 1.65 bits per heavy atom. The number of Topliss-reactive ketones (excluding diaryl/α,β-unsaturated/α-hetero) is 2. The molecule has 1 fully saturated rings. The van der Waals surface area contributed by atoms with E-state index in [4.69, 9.17) is 23.2 Å². The van der Waals surface area contributed by atoms with E-state index < -0.39 is 23.4 Å². The van der Waals surface area contributed by atoms with Crippen molar-refractivity contribution >= 4 is 52.4 Å². The fourth-order valence-corrected chi connectivity index (χ4v) is 7.82. The highest BCUT2D eigenvalue weighted by Gasteiger charge is 2.70. The Bertz CT molecular complexity index is 1830. The maximum atomic E-state index is 14.9. The minimum Gasteiger partial charge on any atom is -0.358 e. The van der Waals surface area contributed by atoms with Crippen molar-refractivity contribution in [3.63, 3.8) is 0 Å². The van der Waals surface area contributed by atoms with Gasteiger partial charge in [0.05, 0.1) is 17.0 Å². The third-order valence-electron chi connectivity index (χ3n) is 9.10. The number of hydrogen-bond donors (Lipinski definition) is 1. The number of fused-ring (bicyclic) bond motifs is 6. The maximum absolute atomic E-state index is 14.9. The molecule has 4 atom stereocenters. The summed E-state index contributed by atoms with van der Waals surface area (Å²) in [5.41, 5.74) is 3.61. The number of aryl methyl sites for hydroxylation is 1. The molecule has 0 saturated carbocycles. The lowest BCUT2D eigenvalue weighted by Gasteiger charge is -2.38. The molecule has 1 spiro atoms. The Labute approximate surface area is 260 Å². The van der Waals surface area contributed by atoms with Crippen molar-refractivity contribution in [3.05, 3.63) is 141 Å². The van der Waals surface area contributed by atoms with E-state index in [9.17, 15) is 14.4 Å². The second-order valence-electron chi connectivity index (χ2n) is 11.4. The zero-order chi connectivity index (χ0) is 29.9. The molecule has 7 rings (SSSR count). The molecule has 3 aliphatic rings. The number of amides is 1. The average Bonchev–Trinajstić information content (AvgIpc) is 3.49. The highest BCUT2D eigenvalue weighted by atomic mass is 35.5.